The standard InChI is InChI=1S/C23H25N5O2S/c1-4-28-22(19-13-11-17(2)12-14-19)26-27-23(28)31-16-21(29)25-24-15-7-9-18-8-5-6-10-20(18)30-3/h5-15H,4,16H2,1-3H3,(H,25,29)/b9-7+,24-15+. The quantitative estimate of drug-likeness (QED) is 0.310. The molecule has 0 unspecified atom stereocenters. The second kappa shape index (κ2) is 11.1. The first-order valence-corrected chi connectivity index (χ1v) is 10.9. The summed E-state index contributed by atoms with van der Waals surface area (Å²) in [6.45, 7) is 4.79. The van der Waals surface area contributed by atoms with E-state index in [9.17, 15) is 4.79 Å². The van der Waals surface area contributed by atoms with Crippen molar-refractivity contribution in [2.75, 3.05) is 12.9 Å². The SMILES string of the molecule is CCn1c(SCC(=O)N/N=C/C=C/c2ccccc2OC)nnc1-c1ccc(C)cc1. The summed E-state index contributed by atoms with van der Waals surface area (Å²) in [6.07, 6.45) is 5.13. The first kappa shape index (κ1) is 22.3. The molecule has 0 bridgehead atoms. The summed E-state index contributed by atoms with van der Waals surface area (Å²) in [6, 6.07) is 15.8. The van der Waals surface area contributed by atoms with Gasteiger partial charge in [-0.2, -0.15) is 5.10 Å². The van der Waals surface area contributed by atoms with Gasteiger partial charge in [0.2, 0.25) is 0 Å². The number of methoxy groups -OCH3 is 1. The molecule has 0 fully saturated rings. The fourth-order valence-corrected chi connectivity index (χ4v) is 3.66. The lowest BCUT2D eigenvalue weighted by atomic mass is 10.1. The third-order valence-corrected chi connectivity index (χ3v) is 5.41. The highest BCUT2D eigenvalue weighted by Gasteiger charge is 2.14. The molecule has 160 valence electrons. The summed E-state index contributed by atoms with van der Waals surface area (Å²) in [7, 11) is 1.63. The number of benzene rings is 2. The Balaban J connectivity index is 1.53. The van der Waals surface area contributed by atoms with Crippen molar-refractivity contribution in [2.24, 2.45) is 5.10 Å². The predicted molar refractivity (Wildman–Crippen MR) is 125 cm³/mol. The van der Waals surface area contributed by atoms with Crippen LogP contribution < -0.4 is 10.2 Å². The van der Waals surface area contributed by atoms with Gasteiger partial charge in [-0.25, -0.2) is 5.43 Å². The smallest absolute Gasteiger partial charge is 0.250 e. The molecule has 0 saturated heterocycles. The molecule has 3 rings (SSSR count). The fraction of sp³-hybridized carbons (Fsp3) is 0.217. The van der Waals surface area contributed by atoms with Crippen molar-refractivity contribution in [3.63, 3.8) is 0 Å². The molecule has 0 radical (unpaired) electrons. The Labute approximate surface area is 186 Å². The highest BCUT2D eigenvalue weighted by molar-refractivity contribution is 7.99. The summed E-state index contributed by atoms with van der Waals surface area (Å²) in [5.74, 6) is 1.55. The molecule has 31 heavy (non-hydrogen) atoms. The Hall–Kier alpha value is -3.39. The fourth-order valence-electron chi connectivity index (χ4n) is 2.86. The van der Waals surface area contributed by atoms with Crippen molar-refractivity contribution in [3.05, 3.63) is 65.7 Å². The molecule has 0 aliphatic heterocycles. The molecule has 7 nitrogen and oxygen atoms in total. The van der Waals surface area contributed by atoms with Crippen molar-refractivity contribution in [1.82, 2.24) is 20.2 Å². The Kier molecular flexibility index (Phi) is 8.00. The van der Waals surface area contributed by atoms with Gasteiger partial charge >= 0.3 is 0 Å². The highest BCUT2D eigenvalue weighted by Crippen LogP contribution is 2.24. The average molecular weight is 436 g/mol. The Morgan fingerprint density at radius 1 is 1.19 bits per heavy atom. The van der Waals surface area contributed by atoms with Crippen LogP contribution in [0.2, 0.25) is 0 Å². The third-order valence-electron chi connectivity index (χ3n) is 4.44. The molecule has 1 heterocycles. The Morgan fingerprint density at radius 3 is 2.71 bits per heavy atom. The number of hydrazone groups is 1. The van der Waals surface area contributed by atoms with E-state index in [-0.39, 0.29) is 11.7 Å². The number of carbonyl (C=O) groups excluding carboxylic acids is 1. The number of thioether (sulfide) groups is 1. The second-order valence-electron chi connectivity index (χ2n) is 6.62. The molecule has 2 aromatic carbocycles. The molecule has 0 atom stereocenters. The first-order chi connectivity index (χ1) is 15.1. The Bertz CT molecular complexity index is 1070. The number of nitrogens with zero attached hydrogens (tertiary/aromatic N) is 4. The molecule has 8 heteroatoms. The van der Waals surface area contributed by atoms with Crippen molar-refractivity contribution < 1.29 is 9.53 Å². The van der Waals surface area contributed by atoms with Gasteiger partial charge in [0.15, 0.2) is 11.0 Å². The van der Waals surface area contributed by atoms with E-state index in [0.29, 0.717) is 11.7 Å². The summed E-state index contributed by atoms with van der Waals surface area (Å²) < 4.78 is 7.29. The average Bonchev–Trinajstić information content (AvgIpc) is 3.21. The molecule has 0 aliphatic carbocycles. The number of carbonyl (C=O) groups is 1. The van der Waals surface area contributed by atoms with Crippen molar-refractivity contribution in [2.45, 2.75) is 25.5 Å². The zero-order valence-electron chi connectivity index (χ0n) is 17.8. The molecule has 3 aromatic rings. The number of aryl methyl sites for hydroxylation is 1. The number of para-hydroxylation sites is 1. The van der Waals surface area contributed by atoms with Crippen molar-refractivity contribution >= 4 is 30.0 Å². The molecule has 0 aliphatic rings. The van der Waals surface area contributed by atoms with E-state index in [1.54, 1.807) is 13.2 Å². The van der Waals surface area contributed by atoms with E-state index in [2.05, 4.69) is 20.7 Å². The highest BCUT2D eigenvalue weighted by atomic mass is 32.2. The summed E-state index contributed by atoms with van der Waals surface area (Å²) in [4.78, 5) is 12.1. The number of amides is 1. The van der Waals surface area contributed by atoms with Crippen LogP contribution in [-0.2, 0) is 11.3 Å². The van der Waals surface area contributed by atoms with Gasteiger partial charge in [0.1, 0.15) is 5.75 Å². The monoisotopic (exact) mass is 435 g/mol. The molecule has 1 N–H and O–H groups in total. The van der Waals surface area contributed by atoms with Crippen LogP contribution in [0.1, 0.15) is 18.1 Å². The first-order valence-electron chi connectivity index (χ1n) is 9.87. The third kappa shape index (κ3) is 6.05. The van der Waals surface area contributed by atoms with Gasteiger partial charge in [-0.3, -0.25) is 4.79 Å². The van der Waals surface area contributed by atoms with Gasteiger partial charge in [-0.1, -0.05) is 59.8 Å². The zero-order chi connectivity index (χ0) is 22.1. The normalized spacial score (nSPS) is 11.3. The van der Waals surface area contributed by atoms with E-state index < -0.39 is 0 Å². The van der Waals surface area contributed by atoms with Gasteiger partial charge in [-0.15, -0.1) is 10.2 Å². The summed E-state index contributed by atoms with van der Waals surface area (Å²) in [5.41, 5.74) is 5.64. The van der Waals surface area contributed by atoms with Crippen LogP contribution in [0.25, 0.3) is 17.5 Å². The number of ether oxygens (including phenoxy) is 1. The van der Waals surface area contributed by atoms with Gasteiger partial charge in [0.05, 0.1) is 12.9 Å². The minimum absolute atomic E-state index is 0.194. The van der Waals surface area contributed by atoms with Crippen LogP contribution in [0.3, 0.4) is 0 Å². The minimum Gasteiger partial charge on any atom is -0.496 e. The number of rotatable bonds is 9. The van der Waals surface area contributed by atoms with Crippen LogP contribution in [-0.4, -0.2) is 39.7 Å². The van der Waals surface area contributed by atoms with Crippen LogP contribution in [0.5, 0.6) is 5.75 Å². The minimum atomic E-state index is -0.213. The molecule has 0 spiro atoms. The van der Waals surface area contributed by atoms with E-state index in [0.717, 1.165) is 22.7 Å². The lowest BCUT2D eigenvalue weighted by Gasteiger charge is -2.07. The maximum atomic E-state index is 12.1. The van der Waals surface area contributed by atoms with Crippen LogP contribution in [0.15, 0.2) is 64.9 Å². The number of aromatic nitrogens is 3. The van der Waals surface area contributed by atoms with Crippen LogP contribution >= 0.6 is 11.8 Å². The lowest BCUT2D eigenvalue weighted by molar-refractivity contribution is -0.118. The van der Waals surface area contributed by atoms with Gasteiger partial charge < -0.3 is 9.30 Å². The van der Waals surface area contributed by atoms with Gasteiger partial charge in [0, 0.05) is 23.9 Å². The van der Waals surface area contributed by atoms with E-state index in [4.69, 9.17) is 4.74 Å². The Morgan fingerprint density at radius 2 is 1.97 bits per heavy atom. The van der Waals surface area contributed by atoms with E-state index >= 15 is 0 Å². The molecule has 1 amide bonds. The maximum absolute atomic E-state index is 12.1. The predicted octanol–water partition coefficient (Wildman–Crippen LogP) is 4.19. The largest absolute Gasteiger partial charge is 0.496 e. The van der Waals surface area contributed by atoms with E-state index in [1.807, 2.05) is 73.0 Å². The lowest BCUT2D eigenvalue weighted by Crippen LogP contribution is -2.19. The summed E-state index contributed by atoms with van der Waals surface area (Å²) in [5, 5.41) is 13.2. The van der Waals surface area contributed by atoms with Crippen molar-refractivity contribution in [3.8, 4) is 17.1 Å². The molecule has 1 aromatic heterocycles. The second-order valence-corrected chi connectivity index (χ2v) is 7.56. The molecule has 0 saturated carbocycles. The number of hydrogen-bond donors (Lipinski definition) is 1. The van der Waals surface area contributed by atoms with Crippen LogP contribution in [0.4, 0.5) is 0 Å². The number of hydrogen-bond acceptors (Lipinski definition) is 6. The maximum Gasteiger partial charge on any atom is 0.250 e. The topological polar surface area (TPSA) is 81.4 Å². The van der Waals surface area contributed by atoms with Crippen LogP contribution in [0, 0.1) is 6.92 Å². The molecular formula is C23H25N5O2S. The summed E-state index contributed by atoms with van der Waals surface area (Å²) >= 11 is 1.33. The van der Waals surface area contributed by atoms with E-state index in [1.165, 1.54) is 23.5 Å². The van der Waals surface area contributed by atoms with Gasteiger partial charge in [0.25, 0.3) is 5.91 Å². The zero-order valence-corrected chi connectivity index (χ0v) is 18.6. The number of nitrogens with one attached hydrogen (secondary N) is 1. The molecular weight excluding hydrogens is 410 g/mol. The number of allylic oxidation sites excluding steroid dienone is 1. The van der Waals surface area contributed by atoms with Crippen molar-refractivity contribution in [1.29, 1.82) is 0 Å². The van der Waals surface area contributed by atoms with Gasteiger partial charge in [-0.05, 0) is 32.1 Å².